The Hall–Kier alpha value is -2.88. The Morgan fingerprint density at radius 2 is 1.85 bits per heavy atom. The van der Waals surface area contributed by atoms with Crippen LogP contribution in [-0.4, -0.2) is 23.0 Å². The monoisotopic (exact) mass is 346 g/mol. The number of carbonyl (C=O) groups excluding carboxylic acids is 1. The van der Waals surface area contributed by atoms with Gasteiger partial charge in [0.05, 0.1) is 22.9 Å². The van der Waals surface area contributed by atoms with Crippen LogP contribution < -0.4 is 10.1 Å². The van der Waals surface area contributed by atoms with Crippen molar-refractivity contribution in [2.24, 2.45) is 0 Å². The second-order valence-corrected chi connectivity index (χ2v) is 7.01. The Morgan fingerprint density at radius 1 is 1.12 bits per heavy atom. The minimum Gasteiger partial charge on any atom is -0.491 e. The topological polar surface area (TPSA) is 51.2 Å². The minimum atomic E-state index is -0.0212. The Balaban J connectivity index is 1.73. The average molecular weight is 346 g/mol. The van der Waals surface area contributed by atoms with E-state index in [0.717, 1.165) is 40.8 Å². The van der Waals surface area contributed by atoms with Gasteiger partial charge >= 0.3 is 0 Å². The zero-order chi connectivity index (χ0) is 18.1. The molecule has 0 saturated heterocycles. The van der Waals surface area contributed by atoms with Crippen molar-refractivity contribution in [3.63, 3.8) is 0 Å². The van der Waals surface area contributed by atoms with E-state index in [4.69, 9.17) is 9.72 Å². The first kappa shape index (κ1) is 16.6. The van der Waals surface area contributed by atoms with Crippen LogP contribution in [0.4, 0.5) is 0 Å². The van der Waals surface area contributed by atoms with Crippen molar-refractivity contribution >= 4 is 16.8 Å². The molecule has 0 aliphatic heterocycles. The molecule has 0 radical (unpaired) electrons. The van der Waals surface area contributed by atoms with Crippen LogP contribution in [0.25, 0.3) is 22.2 Å². The van der Waals surface area contributed by atoms with Gasteiger partial charge in [-0.2, -0.15) is 0 Å². The third-order valence-corrected chi connectivity index (χ3v) is 4.40. The Morgan fingerprint density at radius 3 is 2.54 bits per heavy atom. The Kier molecular flexibility index (Phi) is 4.33. The van der Waals surface area contributed by atoms with E-state index in [1.54, 1.807) is 0 Å². The number of para-hydroxylation sites is 1. The number of nitrogens with zero attached hydrogens (tertiary/aromatic N) is 1. The number of nitrogens with one attached hydrogen (secondary N) is 1. The molecule has 1 aromatic heterocycles. The van der Waals surface area contributed by atoms with Gasteiger partial charge in [0, 0.05) is 17.0 Å². The summed E-state index contributed by atoms with van der Waals surface area (Å²) in [4.78, 5) is 17.5. The lowest BCUT2D eigenvalue weighted by Crippen LogP contribution is -2.25. The quantitative estimate of drug-likeness (QED) is 0.735. The molecule has 1 aliphatic rings. The fraction of sp³-hybridized carbons (Fsp3) is 0.273. The highest BCUT2D eigenvalue weighted by molar-refractivity contribution is 6.07. The number of amides is 1. The van der Waals surface area contributed by atoms with Crippen LogP contribution in [0.3, 0.4) is 0 Å². The molecule has 2 aromatic carbocycles. The van der Waals surface area contributed by atoms with E-state index in [-0.39, 0.29) is 12.0 Å². The molecule has 132 valence electrons. The maximum Gasteiger partial charge on any atom is 0.252 e. The number of ether oxygens (including phenoxy) is 1. The van der Waals surface area contributed by atoms with Gasteiger partial charge in [-0.1, -0.05) is 18.2 Å². The fourth-order valence-corrected chi connectivity index (χ4v) is 2.98. The highest BCUT2D eigenvalue weighted by Gasteiger charge is 2.25. The molecule has 0 unspecified atom stereocenters. The molecule has 1 heterocycles. The summed E-state index contributed by atoms with van der Waals surface area (Å²) in [5, 5.41) is 3.97. The summed E-state index contributed by atoms with van der Waals surface area (Å²) in [7, 11) is 0. The van der Waals surface area contributed by atoms with Crippen LogP contribution in [0.2, 0.25) is 0 Å². The van der Waals surface area contributed by atoms with E-state index in [2.05, 4.69) is 5.32 Å². The van der Waals surface area contributed by atoms with Crippen molar-refractivity contribution < 1.29 is 9.53 Å². The Labute approximate surface area is 153 Å². The molecule has 4 nitrogen and oxygen atoms in total. The van der Waals surface area contributed by atoms with Crippen LogP contribution in [-0.2, 0) is 0 Å². The number of pyridine rings is 1. The third kappa shape index (κ3) is 3.54. The molecule has 4 rings (SSSR count). The zero-order valence-electron chi connectivity index (χ0n) is 15.0. The Bertz CT molecular complexity index is 944. The van der Waals surface area contributed by atoms with Gasteiger partial charge in [-0.05, 0) is 63.1 Å². The first-order valence-electron chi connectivity index (χ1n) is 9.08. The standard InChI is InChI=1S/C22H22N2O2/c1-14(2)26-17-11-7-15(8-12-17)21-13-19(22(25)23-16-9-10-16)18-5-3-4-6-20(18)24-21/h3-8,11-14,16H,9-10H2,1-2H3,(H,23,25). The predicted octanol–water partition coefficient (Wildman–Crippen LogP) is 4.58. The minimum absolute atomic E-state index is 0.0212. The molecule has 1 saturated carbocycles. The fourth-order valence-electron chi connectivity index (χ4n) is 2.98. The molecule has 0 atom stereocenters. The van der Waals surface area contributed by atoms with E-state index in [0.29, 0.717) is 11.6 Å². The number of benzene rings is 2. The lowest BCUT2D eigenvalue weighted by molar-refractivity contribution is 0.0952. The van der Waals surface area contributed by atoms with E-state index in [1.807, 2.05) is 68.4 Å². The second-order valence-electron chi connectivity index (χ2n) is 7.01. The molecule has 1 N–H and O–H groups in total. The number of hydrogen-bond donors (Lipinski definition) is 1. The summed E-state index contributed by atoms with van der Waals surface area (Å²) in [5.74, 6) is 0.809. The summed E-state index contributed by atoms with van der Waals surface area (Å²) >= 11 is 0. The van der Waals surface area contributed by atoms with Gasteiger partial charge in [0.1, 0.15) is 5.75 Å². The van der Waals surface area contributed by atoms with E-state index < -0.39 is 0 Å². The molecule has 0 bridgehead atoms. The number of hydrogen-bond acceptors (Lipinski definition) is 3. The number of rotatable bonds is 5. The van der Waals surface area contributed by atoms with Gasteiger partial charge in [-0.15, -0.1) is 0 Å². The van der Waals surface area contributed by atoms with Crippen molar-refractivity contribution in [2.75, 3.05) is 0 Å². The summed E-state index contributed by atoms with van der Waals surface area (Å²) in [6.45, 7) is 4.01. The van der Waals surface area contributed by atoms with Crippen molar-refractivity contribution in [3.05, 3.63) is 60.2 Å². The summed E-state index contributed by atoms with van der Waals surface area (Å²) in [5.41, 5.74) is 3.27. The highest BCUT2D eigenvalue weighted by atomic mass is 16.5. The van der Waals surface area contributed by atoms with Crippen LogP contribution in [0.15, 0.2) is 54.6 Å². The molecular formula is C22H22N2O2. The first-order chi connectivity index (χ1) is 12.6. The molecule has 3 aromatic rings. The first-order valence-corrected chi connectivity index (χ1v) is 9.08. The van der Waals surface area contributed by atoms with Crippen LogP contribution in [0.1, 0.15) is 37.0 Å². The molecule has 4 heteroatoms. The van der Waals surface area contributed by atoms with E-state index in [9.17, 15) is 4.79 Å². The van der Waals surface area contributed by atoms with E-state index in [1.165, 1.54) is 0 Å². The average Bonchev–Trinajstić information content (AvgIpc) is 3.45. The van der Waals surface area contributed by atoms with Crippen LogP contribution >= 0.6 is 0 Å². The highest BCUT2D eigenvalue weighted by Crippen LogP contribution is 2.27. The van der Waals surface area contributed by atoms with Gasteiger partial charge in [0.2, 0.25) is 0 Å². The zero-order valence-corrected chi connectivity index (χ0v) is 15.0. The smallest absolute Gasteiger partial charge is 0.252 e. The molecule has 1 amide bonds. The number of carbonyl (C=O) groups is 1. The molecule has 26 heavy (non-hydrogen) atoms. The molecule has 0 spiro atoms. The SMILES string of the molecule is CC(C)Oc1ccc(-c2cc(C(=O)NC3CC3)c3ccccc3n2)cc1. The normalized spacial score (nSPS) is 13.8. The van der Waals surface area contributed by atoms with E-state index >= 15 is 0 Å². The van der Waals surface area contributed by atoms with Gasteiger partial charge in [-0.3, -0.25) is 4.79 Å². The maximum atomic E-state index is 12.7. The summed E-state index contributed by atoms with van der Waals surface area (Å²) in [6, 6.07) is 17.8. The van der Waals surface area contributed by atoms with Gasteiger partial charge in [0.15, 0.2) is 0 Å². The number of aromatic nitrogens is 1. The molecule has 1 aliphatic carbocycles. The largest absolute Gasteiger partial charge is 0.491 e. The van der Waals surface area contributed by atoms with Crippen LogP contribution in [0, 0.1) is 0 Å². The van der Waals surface area contributed by atoms with Crippen molar-refractivity contribution in [2.45, 2.75) is 38.8 Å². The van der Waals surface area contributed by atoms with Gasteiger partial charge < -0.3 is 10.1 Å². The van der Waals surface area contributed by atoms with Gasteiger partial charge in [-0.25, -0.2) is 4.98 Å². The molecular weight excluding hydrogens is 324 g/mol. The van der Waals surface area contributed by atoms with Crippen molar-refractivity contribution in [3.8, 4) is 17.0 Å². The lowest BCUT2D eigenvalue weighted by Gasteiger charge is -2.12. The van der Waals surface area contributed by atoms with Crippen molar-refractivity contribution in [1.82, 2.24) is 10.3 Å². The molecule has 1 fully saturated rings. The third-order valence-electron chi connectivity index (χ3n) is 4.40. The predicted molar refractivity (Wildman–Crippen MR) is 103 cm³/mol. The maximum absolute atomic E-state index is 12.7. The van der Waals surface area contributed by atoms with Crippen molar-refractivity contribution in [1.29, 1.82) is 0 Å². The van der Waals surface area contributed by atoms with Gasteiger partial charge in [0.25, 0.3) is 5.91 Å². The summed E-state index contributed by atoms with van der Waals surface area (Å²) < 4.78 is 5.70. The number of fused-ring (bicyclic) bond motifs is 1. The second kappa shape index (κ2) is 6.79. The van der Waals surface area contributed by atoms with Crippen LogP contribution in [0.5, 0.6) is 5.75 Å². The lowest BCUT2D eigenvalue weighted by atomic mass is 10.0. The summed E-state index contributed by atoms with van der Waals surface area (Å²) in [6.07, 6.45) is 2.27.